The van der Waals surface area contributed by atoms with Crippen molar-refractivity contribution in [1.82, 2.24) is 5.32 Å². The monoisotopic (exact) mass is 413 g/mol. The first-order chi connectivity index (χ1) is 13.8. The van der Waals surface area contributed by atoms with Gasteiger partial charge in [0.1, 0.15) is 5.75 Å². The van der Waals surface area contributed by atoms with E-state index in [4.69, 9.17) is 9.47 Å². The van der Waals surface area contributed by atoms with Crippen LogP contribution in [0.3, 0.4) is 0 Å². The van der Waals surface area contributed by atoms with Crippen molar-refractivity contribution in [3.8, 4) is 5.75 Å². The van der Waals surface area contributed by atoms with Crippen LogP contribution in [0, 0.1) is 5.92 Å². The Morgan fingerprint density at radius 3 is 2.55 bits per heavy atom. The van der Waals surface area contributed by atoms with E-state index in [1.54, 1.807) is 30.4 Å². The van der Waals surface area contributed by atoms with Crippen molar-refractivity contribution < 1.29 is 32.2 Å². The molecule has 29 heavy (non-hydrogen) atoms. The van der Waals surface area contributed by atoms with Gasteiger partial charge in [-0.1, -0.05) is 31.4 Å². The van der Waals surface area contributed by atoms with Gasteiger partial charge in [0, 0.05) is 6.54 Å². The molecule has 1 amide bonds. The zero-order valence-electron chi connectivity index (χ0n) is 16.4. The van der Waals surface area contributed by atoms with Gasteiger partial charge in [-0.2, -0.15) is 13.2 Å². The van der Waals surface area contributed by atoms with E-state index in [1.165, 1.54) is 31.4 Å². The van der Waals surface area contributed by atoms with Gasteiger partial charge in [0.15, 0.2) is 0 Å². The molecule has 0 aromatic heterocycles. The molecule has 8 heteroatoms. The third-order valence-electron chi connectivity index (χ3n) is 4.60. The van der Waals surface area contributed by atoms with Gasteiger partial charge in [0.25, 0.3) is 0 Å². The molecular formula is C21H26F3NO4. The van der Waals surface area contributed by atoms with Crippen LogP contribution in [0.2, 0.25) is 0 Å². The van der Waals surface area contributed by atoms with Crippen molar-refractivity contribution in [1.29, 1.82) is 0 Å². The summed E-state index contributed by atoms with van der Waals surface area (Å²) >= 11 is 0. The van der Waals surface area contributed by atoms with E-state index in [9.17, 15) is 22.8 Å². The number of esters is 1. The SMILES string of the molecule is CCOC(=O)c1cc(C=CCNC(=O)C(F)(F)F)cc(OCC2CCCCC2)c1. The van der Waals surface area contributed by atoms with Crippen LogP contribution in [0.4, 0.5) is 13.2 Å². The molecule has 0 atom stereocenters. The first-order valence-corrected chi connectivity index (χ1v) is 9.76. The minimum absolute atomic E-state index is 0.223. The highest BCUT2D eigenvalue weighted by molar-refractivity contribution is 5.90. The minimum Gasteiger partial charge on any atom is -0.493 e. The highest BCUT2D eigenvalue weighted by atomic mass is 19.4. The van der Waals surface area contributed by atoms with E-state index < -0.39 is 18.1 Å². The van der Waals surface area contributed by atoms with Gasteiger partial charge in [-0.25, -0.2) is 4.79 Å². The standard InChI is InChI=1S/C21H26F3NO4/c1-2-28-19(26)17-11-16(9-6-10-25-20(27)21(22,23)24)12-18(13-17)29-14-15-7-4-3-5-8-15/h6,9,11-13,15H,2-5,7-8,10,14H2,1H3,(H,25,27). The molecule has 1 aliphatic carbocycles. The molecule has 2 rings (SSSR count). The average molecular weight is 413 g/mol. The summed E-state index contributed by atoms with van der Waals surface area (Å²) in [5, 5.41) is 1.76. The van der Waals surface area contributed by atoms with Crippen LogP contribution in [0.25, 0.3) is 6.08 Å². The smallest absolute Gasteiger partial charge is 0.471 e. The van der Waals surface area contributed by atoms with Gasteiger partial charge in [-0.05, 0) is 49.4 Å². The van der Waals surface area contributed by atoms with Crippen LogP contribution in [-0.4, -0.2) is 37.8 Å². The Kier molecular flexibility index (Phi) is 8.54. The fourth-order valence-corrected chi connectivity index (χ4v) is 3.15. The van der Waals surface area contributed by atoms with Crippen LogP contribution in [0.5, 0.6) is 5.75 Å². The lowest BCUT2D eigenvalue weighted by molar-refractivity contribution is -0.173. The summed E-state index contributed by atoms with van der Waals surface area (Å²) in [6.07, 6.45) is 3.83. The molecule has 1 fully saturated rings. The van der Waals surface area contributed by atoms with Crippen LogP contribution in [0.15, 0.2) is 24.3 Å². The molecular weight excluding hydrogens is 387 g/mol. The highest BCUT2D eigenvalue weighted by Crippen LogP contribution is 2.26. The summed E-state index contributed by atoms with van der Waals surface area (Å²) in [5.41, 5.74) is 0.863. The maximum atomic E-state index is 12.2. The van der Waals surface area contributed by atoms with Gasteiger partial charge >= 0.3 is 18.1 Å². The maximum absolute atomic E-state index is 12.2. The van der Waals surface area contributed by atoms with Gasteiger partial charge in [0.2, 0.25) is 0 Å². The van der Waals surface area contributed by atoms with Crippen molar-refractivity contribution in [2.24, 2.45) is 5.92 Å². The lowest BCUT2D eigenvalue weighted by Crippen LogP contribution is -2.36. The van der Waals surface area contributed by atoms with Crippen molar-refractivity contribution in [2.45, 2.75) is 45.2 Å². The summed E-state index contributed by atoms with van der Waals surface area (Å²) < 4.78 is 47.5. The van der Waals surface area contributed by atoms with Crippen molar-refractivity contribution in [2.75, 3.05) is 19.8 Å². The molecule has 0 aliphatic heterocycles. The molecule has 0 bridgehead atoms. The van der Waals surface area contributed by atoms with E-state index in [2.05, 4.69) is 0 Å². The van der Waals surface area contributed by atoms with E-state index in [0.29, 0.717) is 29.4 Å². The maximum Gasteiger partial charge on any atom is 0.471 e. The molecule has 160 valence electrons. The van der Waals surface area contributed by atoms with Crippen LogP contribution in [-0.2, 0) is 9.53 Å². The van der Waals surface area contributed by atoms with Crippen LogP contribution < -0.4 is 10.1 Å². The van der Waals surface area contributed by atoms with Gasteiger partial charge in [-0.3, -0.25) is 4.79 Å². The zero-order valence-corrected chi connectivity index (χ0v) is 16.4. The number of alkyl halides is 3. The van der Waals surface area contributed by atoms with E-state index in [-0.39, 0.29) is 13.2 Å². The van der Waals surface area contributed by atoms with Gasteiger partial charge < -0.3 is 14.8 Å². The molecule has 1 saturated carbocycles. The van der Waals surface area contributed by atoms with Crippen LogP contribution >= 0.6 is 0 Å². The number of amides is 1. The molecule has 1 aliphatic rings. The number of hydrogen-bond acceptors (Lipinski definition) is 4. The molecule has 1 aromatic carbocycles. The van der Waals surface area contributed by atoms with E-state index in [0.717, 1.165) is 12.8 Å². The molecule has 0 heterocycles. The Morgan fingerprint density at radius 2 is 1.90 bits per heavy atom. The Balaban J connectivity index is 2.06. The summed E-state index contributed by atoms with van der Waals surface area (Å²) in [6, 6.07) is 4.87. The Hall–Kier alpha value is -2.51. The second-order valence-corrected chi connectivity index (χ2v) is 6.94. The number of hydrogen-bond donors (Lipinski definition) is 1. The molecule has 0 unspecified atom stereocenters. The fourth-order valence-electron chi connectivity index (χ4n) is 3.15. The van der Waals surface area contributed by atoms with Crippen molar-refractivity contribution >= 4 is 18.0 Å². The predicted molar refractivity (Wildman–Crippen MR) is 103 cm³/mol. The van der Waals surface area contributed by atoms with Crippen molar-refractivity contribution in [3.63, 3.8) is 0 Å². The number of rotatable bonds is 8. The summed E-state index contributed by atoms with van der Waals surface area (Å²) in [5.74, 6) is -1.53. The van der Waals surface area contributed by atoms with E-state index >= 15 is 0 Å². The molecule has 0 saturated heterocycles. The Labute approximate surface area is 168 Å². The number of carbonyl (C=O) groups is 2. The number of benzene rings is 1. The number of ether oxygens (including phenoxy) is 2. The quantitative estimate of drug-likeness (QED) is 0.637. The van der Waals surface area contributed by atoms with Crippen molar-refractivity contribution in [3.05, 3.63) is 35.4 Å². The number of carbonyl (C=O) groups excluding carboxylic acids is 2. The largest absolute Gasteiger partial charge is 0.493 e. The predicted octanol–water partition coefficient (Wildman–Crippen LogP) is 4.51. The fraction of sp³-hybridized carbons (Fsp3) is 0.524. The van der Waals surface area contributed by atoms with E-state index in [1.807, 2.05) is 0 Å². The van der Waals surface area contributed by atoms with Gasteiger partial charge in [0.05, 0.1) is 18.8 Å². The Morgan fingerprint density at radius 1 is 1.17 bits per heavy atom. The Bertz CT molecular complexity index is 725. The summed E-state index contributed by atoms with van der Waals surface area (Å²) in [7, 11) is 0. The zero-order chi connectivity index (χ0) is 21.3. The first-order valence-electron chi connectivity index (χ1n) is 9.76. The van der Waals surface area contributed by atoms with Gasteiger partial charge in [-0.15, -0.1) is 0 Å². The number of halogens is 3. The average Bonchev–Trinajstić information content (AvgIpc) is 2.69. The lowest BCUT2D eigenvalue weighted by atomic mass is 9.90. The molecule has 1 N–H and O–H groups in total. The summed E-state index contributed by atoms with van der Waals surface area (Å²) in [6.45, 7) is 2.18. The summed E-state index contributed by atoms with van der Waals surface area (Å²) in [4.78, 5) is 22.9. The molecule has 0 radical (unpaired) electrons. The third-order valence-corrected chi connectivity index (χ3v) is 4.60. The normalized spacial score (nSPS) is 15.3. The minimum atomic E-state index is -4.92. The first kappa shape index (κ1) is 22.8. The number of nitrogens with one attached hydrogen (secondary N) is 1. The molecule has 1 aromatic rings. The second-order valence-electron chi connectivity index (χ2n) is 6.94. The van der Waals surface area contributed by atoms with Crippen LogP contribution in [0.1, 0.15) is 54.9 Å². The molecule has 5 nitrogen and oxygen atoms in total. The lowest BCUT2D eigenvalue weighted by Gasteiger charge is -2.22. The second kappa shape index (κ2) is 10.9. The topological polar surface area (TPSA) is 64.6 Å². The molecule has 0 spiro atoms. The third kappa shape index (κ3) is 7.79. The highest BCUT2D eigenvalue weighted by Gasteiger charge is 2.37.